The summed E-state index contributed by atoms with van der Waals surface area (Å²) in [5.41, 5.74) is 6.24. The Balaban J connectivity index is 2.24. The summed E-state index contributed by atoms with van der Waals surface area (Å²) in [6, 6.07) is 8.00. The zero-order valence-electron chi connectivity index (χ0n) is 9.26. The van der Waals surface area contributed by atoms with Crippen LogP contribution in [0.5, 0.6) is 0 Å². The summed E-state index contributed by atoms with van der Waals surface area (Å²) in [5, 5.41) is 8.83. The Kier molecular flexibility index (Phi) is 3.37. The van der Waals surface area contributed by atoms with E-state index < -0.39 is 0 Å². The summed E-state index contributed by atoms with van der Waals surface area (Å²) >= 11 is 0. The maximum atomic E-state index is 8.83. The summed E-state index contributed by atoms with van der Waals surface area (Å²) in [5.74, 6) is 0.884. The molecule has 1 atom stereocenters. The fourth-order valence-corrected chi connectivity index (χ4v) is 2.19. The third kappa shape index (κ3) is 2.15. The normalized spacial score (nSPS) is 20.5. The highest BCUT2D eigenvalue weighted by atomic mass is 15.2. The molecule has 0 radical (unpaired) electrons. The van der Waals surface area contributed by atoms with Crippen LogP contribution < -0.4 is 10.6 Å². The van der Waals surface area contributed by atoms with Crippen LogP contribution in [-0.4, -0.2) is 24.1 Å². The number of anilines is 1. The van der Waals surface area contributed by atoms with E-state index in [0.717, 1.165) is 18.8 Å². The number of aromatic nitrogens is 1. The Hall–Kier alpha value is -1.60. The van der Waals surface area contributed by atoms with Crippen molar-refractivity contribution in [2.24, 2.45) is 5.73 Å². The first-order valence-electron chi connectivity index (χ1n) is 5.69. The number of nitriles is 1. The van der Waals surface area contributed by atoms with Crippen molar-refractivity contribution in [2.45, 2.75) is 25.3 Å². The SMILES string of the molecule is N#Cc1cccc(N2CCCCC2CN)n1. The Morgan fingerprint density at radius 1 is 1.50 bits per heavy atom. The molecule has 1 unspecified atom stereocenters. The van der Waals surface area contributed by atoms with Crippen LogP contribution in [0.25, 0.3) is 0 Å². The predicted molar refractivity (Wildman–Crippen MR) is 63.0 cm³/mol. The van der Waals surface area contributed by atoms with Crippen LogP contribution >= 0.6 is 0 Å². The molecule has 84 valence electrons. The Labute approximate surface area is 95.7 Å². The lowest BCUT2D eigenvalue weighted by molar-refractivity contribution is 0.462. The van der Waals surface area contributed by atoms with Gasteiger partial charge in [-0.15, -0.1) is 0 Å². The average Bonchev–Trinajstić information content (AvgIpc) is 2.38. The maximum absolute atomic E-state index is 8.83. The lowest BCUT2D eigenvalue weighted by Crippen LogP contribution is -2.44. The highest BCUT2D eigenvalue weighted by Gasteiger charge is 2.22. The van der Waals surface area contributed by atoms with Gasteiger partial charge in [0.1, 0.15) is 17.6 Å². The topological polar surface area (TPSA) is 65.9 Å². The molecule has 1 aliphatic rings. The van der Waals surface area contributed by atoms with E-state index >= 15 is 0 Å². The first kappa shape index (κ1) is 10.9. The molecule has 0 saturated carbocycles. The standard InChI is InChI=1S/C12H16N4/c13-8-10-4-3-6-12(15-10)16-7-2-1-5-11(16)9-14/h3-4,6,11H,1-2,5,7,9,14H2. The van der Waals surface area contributed by atoms with Crippen LogP contribution in [-0.2, 0) is 0 Å². The van der Waals surface area contributed by atoms with Gasteiger partial charge in [-0.05, 0) is 31.4 Å². The molecule has 16 heavy (non-hydrogen) atoms. The number of hydrogen-bond donors (Lipinski definition) is 1. The average molecular weight is 216 g/mol. The molecule has 0 spiro atoms. The molecular weight excluding hydrogens is 200 g/mol. The fraction of sp³-hybridized carbons (Fsp3) is 0.500. The summed E-state index contributed by atoms with van der Waals surface area (Å²) in [6.45, 7) is 1.64. The molecule has 4 nitrogen and oxygen atoms in total. The van der Waals surface area contributed by atoms with Gasteiger partial charge < -0.3 is 10.6 Å². The number of piperidine rings is 1. The van der Waals surface area contributed by atoms with Gasteiger partial charge in [0, 0.05) is 19.1 Å². The molecule has 0 bridgehead atoms. The summed E-state index contributed by atoms with van der Waals surface area (Å²) in [7, 11) is 0. The van der Waals surface area contributed by atoms with E-state index in [0.29, 0.717) is 18.3 Å². The van der Waals surface area contributed by atoms with Crippen LogP contribution in [0.4, 0.5) is 5.82 Å². The van der Waals surface area contributed by atoms with E-state index in [4.69, 9.17) is 11.0 Å². The van der Waals surface area contributed by atoms with Gasteiger partial charge in [-0.25, -0.2) is 4.98 Å². The van der Waals surface area contributed by atoms with Crippen molar-refractivity contribution in [3.8, 4) is 6.07 Å². The quantitative estimate of drug-likeness (QED) is 0.808. The Morgan fingerprint density at radius 3 is 3.12 bits per heavy atom. The molecule has 0 amide bonds. The third-order valence-electron chi connectivity index (χ3n) is 3.04. The molecule has 0 aromatic carbocycles. The molecule has 2 heterocycles. The predicted octanol–water partition coefficient (Wildman–Crippen LogP) is 1.27. The zero-order chi connectivity index (χ0) is 11.4. The van der Waals surface area contributed by atoms with E-state index in [1.165, 1.54) is 12.8 Å². The molecule has 1 aliphatic heterocycles. The van der Waals surface area contributed by atoms with Gasteiger partial charge in [0.25, 0.3) is 0 Å². The Morgan fingerprint density at radius 2 is 2.38 bits per heavy atom. The first-order chi connectivity index (χ1) is 7.85. The minimum absolute atomic E-state index is 0.371. The lowest BCUT2D eigenvalue weighted by atomic mass is 10.0. The van der Waals surface area contributed by atoms with E-state index in [2.05, 4.69) is 16.0 Å². The minimum Gasteiger partial charge on any atom is -0.352 e. The summed E-state index contributed by atoms with van der Waals surface area (Å²) < 4.78 is 0. The number of nitrogens with two attached hydrogens (primary N) is 1. The number of pyridine rings is 1. The van der Waals surface area contributed by atoms with Crippen LogP contribution in [0.1, 0.15) is 25.0 Å². The van der Waals surface area contributed by atoms with Gasteiger partial charge in [-0.2, -0.15) is 5.26 Å². The van der Waals surface area contributed by atoms with Crippen LogP contribution in [0, 0.1) is 11.3 Å². The maximum Gasteiger partial charge on any atom is 0.142 e. The van der Waals surface area contributed by atoms with Gasteiger partial charge in [-0.3, -0.25) is 0 Å². The van der Waals surface area contributed by atoms with Crippen LogP contribution in [0.2, 0.25) is 0 Å². The van der Waals surface area contributed by atoms with E-state index in [9.17, 15) is 0 Å². The molecule has 1 aromatic rings. The first-order valence-corrected chi connectivity index (χ1v) is 5.69. The summed E-state index contributed by atoms with van der Waals surface area (Å²) in [6.07, 6.45) is 3.53. The van der Waals surface area contributed by atoms with E-state index in [-0.39, 0.29) is 0 Å². The summed E-state index contributed by atoms with van der Waals surface area (Å²) in [4.78, 5) is 6.55. The van der Waals surface area contributed by atoms with Crippen molar-refractivity contribution in [3.05, 3.63) is 23.9 Å². The second-order valence-corrected chi connectivity index (χ2v) is 4.07. The Bertz CT molecular complexity index is 396. The third-order valence-corrected chi connectivity index (χ3v) is 3.04. The fourth-order valence-electron chi connectivity index (χ4n) is 2.19. The van der Waals surface area contributed by atoms with E-state index in [1.54, 1.807) is 6.07 Å². The number of hydrogen-bond acceptors (Lipinski definition) is 4. The highest BCUT2D eigenvalue weighted by molar-refractivity contribution is 5.43. The van der Waals surface area contributed by atoms with Crippen LogP contribution in [0.15, 0.2) is 18.2 Å². The zero-order valence-corrected chi connectivity index (χ0v) is 9.26. The smallest absolute Gasteiger partial charge is 0.142 e. The van der Waals surface area contributed by atoms with E-state index in [1.807, 2.05) is 12.1 Å². The van der Waals surface area contributed by atoms with Crippen molar-refractivity contribution in [2.75, 3.05) is 18.0 Å². The lowest BCUT2D eigenvalue weighted by Gasteiger charge is -2.36. The highest BCUT2D eigenvalue weighted by Crippen LogP contribution is 2.22. The second kappa shape index (κ2) is 4.95. The minimum atomic E-state index is 0.371. The number of rotatable bonds is 2. The van der Waals surface area contributed by atoms with Crippen molar-refractivity contribution >= 4 is 5.82 Å². The van der Waals surface area contributed by atoms with Gasteiger partial charge in [-0.1, -0.05) is 6.07 Å². The second-order valence-electron chi connectivity index (χ2n) is 4.07. The van der Waals surface area contributed by atoms with Gasteiger partial charge in [0.15, 0.2) is 0 Å². The molecule has 2 rings (SSSR count). The van der Waals surface area contributed by atoms with Crippen molar-refractivity contribution in [3.63, 3.8) is 0 Å². The van der Waals surface area contributed by atoms with Crippen molar-refractivity contribution in [1.82, 2.24) is 4.98 Å². The van der Waals surface area contributed by atoms with Crippen molar-refractivity contribution in [1.29, 1.82) is 5.26 Å². The molecular formula is C12H16N4. The molecule has 1 aromatic heterocycles. The van der Waals surface area contributed by atoms with Crippen molar-refractivity contribution < 1.29 is 0 Å². The molecule has 1 fully saturated rings. The molecule has 4 heteroatoms. The van der Waals surface area contributed by atoms with Gasteiger partial charge in [0.05, 0.1) is 0 Å². The monoisotopic (exact) mass is 216 g/mol. The largest absolute Gasteiger partial charge is 0.352 e. The van der Waals surface area contributed by atoms with Gasteiger partial charge in [0.2, 0.25) is 0 Å². The molecule has 2 N–H and O–H groups in total. The van der Waals surface area contributed by atoms with Crippen LogP contribution in [0.3, 0.4) is 0 Å². The molecule has 0 aliphatic carbocycles. The van der Waals surface area contributed by atoms with Gasteiger partial charge >= 0.3 is 0 Å². The number of nitrogens with zero attached hydrogens (tertiary/aromatic N) is 3. The molecule has 1 saturated heterocycles.